The molecule has 1 aromatic carbocycles. The van der Waals surface area contributed by atoms with Crippen molar-refractivity contribution in [3.63, 3.8) is 0 Å². The van der Waals surface area contributed by atoms with E-state index in [1.54, 1.807) is 13.2 Å². The van der Waals surface area contributed by atoms with E-state index in [-0.39, 0.29) is 35.3 Å². The second-order valence-corrected chi connectivity index (χ2v) is 9.12. The van der Waals surface area contributed by atoms with Gasteiger partial charge in [0.05, 0.1) is 31.1 Å². The Morgan fingerprint density at radius 2 is 1.63 bits per heavy atom. The quantitative estimate of drug-likeness (QED) is 0.199. The summed E-state index contributed by atoms with van der Waals surface area (Å²) in [5.41, 5.74) is -0.225. The van der Waals surface area contributed by atoms with Gasteiger partial charge in [0, 0.05) is 37.2 Å². The fourth-order valence-corrected chi connectivity index (χ4v) is 3.96. The van der Waals surface area contributed by atoms with Gasteiger partial charge in [0.2, 0.25) is 11.8 Å². The van der Waals surface area contributed by atoms with Gasteiger partial charge < -0.3 is 29.6 Å². The first-order chi connectivity index (χ1) is 19.8. The highest BCUT2D eigenvalue weighted by atomic mass is 19.1. The monoisotopic (exact) mass is 565 g/mol. The summed E-state index contributed by atoms with van der Waals surface area (Å²) in [6.45, 7) is 0.553. The van der Waals surface area contributed by atoms with Crippen molar-refractivity contribution >= 4 is 34.2 Å². The van der Waals surface area contributed by atoms with Gasteiger partial charge in [0.1, 0.15) is 23.4 Å². The predicted octanol–water partition coefficient (Wildman–Crippen LogP) is 4.49. The van der Waals surface area contributed by atoms with Crippen LogP contribution in [0, 0.1) is 17.0 Å². The van der Waals surface area contributed by atoms with E-state index >= 15 is 4.39 Å². The maximum atomic E-state index is 15.0. The molecule has 0 bridgehead atoms. The Morgan fingerprint density at radius 1 is 0.902 bits per heavy atom. The number of ether oxygens (including phenoxy) is 4. The second kappa shape index (κ2) is 11.7. The Balaban J connectivity index is 1.30. The van der Waals surface area contributed by atoms with E-state index in [1.165, 1.54) is 49.8 Å². The maximum Gasteiger partial charge on any atom is 0.257 e. The van der Waals surface area contributed by atoms with Gasteiger partial charge in [-0.25, -0.2) is 18.7 Å². The van der Waals surface area contributed by atoms with Crippen LogP contribution in [0.5, 0.6) is 23.3 Å². The second-order valence-electron chi connectivity index (χ2n) is 9.12. The number of carbonyl (C=O) groups excluding carboxylic acids is 2. The van der Waals surface area contributed by atoms with Crippen LogP contribution in [0.1, 0.15) is 12.8 Å². The molecule has 0 radical (unpaired) electrons. The molecule has 212 valence electrons. The van der Waals surface area contributed by atoms with Crippen LogP contribution >= 0.6 is 0 Å². The van der Waals surface area contributed by atoms with Gasteiger partial charge in [-0.1, -0.05) is 0 Å². The normalized spacial score (nSPS) is 13.4. The molecule has 13 heteroatoms. The molecule has 11 nitrogen and oxygen atoms in total. The van der Waals surface area contributed by atoms with Crippen LogP contribution in [0.2, 0.25) is 0 Å². The van der Waals surface area contributed by atoms with Crippen LogP contribution < -0.4 is 24.8 Å². The molecule has 3 heterocycles. The van der Waals surface area contributed by atoms with Crippen molar-refractivity contribution in [3.05, 3.63) is 66.5 Å². The lowest BCUT2D eigenvalue weighted by atomic mass is 10.0. The molecule has 1 aliphatic rings. The smallest absolute Gasteiger partial charge is 0.257 e. The van der Waals surface area contributed by atoms with Gasteiger partial charge in [-0.2, -0.15) is 0 Å². The van der Waals surface area contributed by atoms with Crippen molar-refractivity contribution in [1.82, 2.24) is 15.0 Å². The maximum absolute atomic E-state index is 15.0. The summed E-state index contributed by atoms with van der Waals surface area (Å²) in [6, 6.07) is 9.33. The summed E-state index contributed by atoms with van der Waals surface area (Å²) in [4.78, 5) is 38.4. The molecule has 5 rings (SSSR count). The molecule has 1 saturated carbocycles. The fraction of sp³-hybridized carbons (Fsp3) is 0.250. The van der Waals surface area contributed by atoms with E-state index in [0.29, 0.717) is 36.4 Å². The van der Waals surface area contributed by atoms with Crippen molar-refractivity contribution in [3.8, 4) is 23.3 Å². The number of anilines is 2. The lowest BCUT2D eigenvalue weighted by Crippen LogP contribution is -2.35. The number of halogens is 2. The first-order valence-electron chi connectivity index (χ1n) is 12.5. The summed E-state index contributed by atoms with van der Waals surface area (Å²) in [7, 11) is 3.01. The summed E-state index contributed by atoms with van der Waals surface area (Å²) < 4.78 is 49.9. The molecule has 0 aliphatic heterocycles. The highest BCUT2D eigenvalue weighted by Gasteiger charge is 2.56. The summed E-state index contributed by atoms with van der Waals surface area (Å²) in [5, 5.41) is 5.16. The number of carbonyl (C=O) groups is 2. The number of aromatic nitrogens is 3. The molecule has 1 aliphatic carbocycles. The first kappa shape index (κ1) is 27.6. The van der Waals surface area contributed by atoms with Crippen LogP contribution in [0.15, 0.2) is 54.9 Å². The van der Waals surface area contributed by atoms with Crippen molar-refractivity contribution in [1.29, 1.82) is 0 Å². The van der Waals surface area contributed by atoms with E-state index in [4.69, 9.17) is 18.9 Å². The third-order valence-electron chi connectivity index (χ3n) is 6.35. The van der Waals surface area contributed by atoms with Crippen molar-refractivity contribution < 1.29 is 37.3 Å². The first-order valence-corrected chi connectivity index (χ1v) is 12.5. The van der Waals surface area contributed by atoms with E-state index in [1.807, 2.05) is 0 Å². The minimum Gasteiger partial charge on any atom is -0.491 e. The molecular weight excluding hydrogens is 540 g/mol. The number of hydrogen-bond acceptors (Lipinski definition) is 9. The van der Waals surface area contributed by atoms with Crippen LogP contribution in [-0.4, -0.2) is 54.2 Å². The third kappa shape index (κ3) is 5.99. The summed E-state index contributed by atoms with van der Waals surface area (Å²) >= 11 is 0. The van der Waals surface area contributed by atoms with Gasteiger partial charge in [0.25, 0.3) is 11.8 Å². The minimum atomic E-state index is -1.31. The molecule has 3 aromatic heterocycles. The van der Waals surface area contributed by atoms with Crippen LogP contribution in [0.3, 0.4) is 0 Å². The van der Waals surface area contributed by atoms with E-state index in [9.17, 15) is 14.0 Å². The SMILES string of the molecule is COCCOc1nc2c(Oc3ncc(NC(=O)C4(C(=O)Nc5ccc(F)cc5)CC4)cc3F)ccnc2cc1OC. The largest absolute Gasteiger partial charge is 0.491 e. The molecule has 2 amide bonds. The standard InChI is InChI=1S/C28H25F2N5O6/c1-38-11-12-40-25-22(39-2)14-20-23(35-25)21(7-10-31-20)41-24-19(30)13-18(15-32-24)34-27(37)28(8-9-28)26(36)33-17-5-3-16(29)4-6-17/h3-7,10,13-15H,8-9,11-12H2,1-2H3,(H,33,36)(H,34,37). The number of rotatable bonds is 11. The third-order valence-corrected chi connectivity index (χ3v) is 6.35. The van der Waals surface area contributed by atoms with Crippen LogP contribution in [0.25, 0.3) is 11.0 Å². The molecule has 0 atom stereocenters. The van der Waals surface area contributed by atoms with Crippen LogP contribution in [0.4, 0.5) is 20.2 Å². The Hall–Kier alpha value is -4.91. The number of pyridine rings is 3. The number of methoxy groups -OCH3 is 2. The Morgan fingerprint density at radius 3 is 2.29 bits per heavy atom. The molecule has 0 unspecified atom stereocenters. The summed E-state index contributed by atoms with van der Waals surface area (Å²) in [6.07, 6.45) is 3.30. The zero-order valence-electron chi connectivity index (χ0n) is 22.1. The molecule has 0 saturated heterocycles. The van der Waals surface area contributed by atoms with Gasteiger partial charge in [-0.3, -0.25) is 14.6 Å². The molecular formula is C28H25F2N5O6. The highest BCUT2D eigenvalue weighted by molar-refractivity contribution is 6.16. The molecule has 4 aromatic rings. The minimum absolute atomic E-state index is 0.0389. The van der Waals surface area contributed by atoms with Crippen molar-refractivity contribution in [2.45, 2.75) is 12.8 Å². The molecule has 2 N–H and O–H groups in total. The Kier molecular flexibility index (Phi) is 7.88. The van der Waals surface area contributed by atoms with Gasteiger partial charge in [0.15, 0.2) is 17.3 Å². The Labute approximate surface area is 232 Å². The lowest BCUT2D eigenvalue weighted by molar-refractivity contribution is -0.131. The van der Waals surface area contributed by atoms with Gasteiger partial charge in [-0.15, -0.1) is 0 Å². The average Bonchev–Trinajstić information content (AvgIpc) is 3.78. The highest BCUT2D eigenvalue weighted by Crippen LogP contribution is 2.47. The van der Waals surface area contributed by atoms with Crippen molar-refractivity contribution in [2.75, 3.05) is 38.1 Å². The van der Waals surface area contributed by atoms with E-state index < -0.39 is 28.9 Å². The van der Waals surface area contributed by atoms with Gasteiger partial charge >= 0.3 is 0 Å². The zero-order chi connectivity index (χ0) is 29.0. The topological polar surface area (TPSA) is 134 Å². The molecule has 41 heavy (non-hydrogen) atoms. The number of hydrogen-bond donors (Lipinski definition) is 2. The van der Waals surface area contributed by atoms with E-state index in [2.05, 4.69) is 25.6 Å². The number of nitrogens with one attached hydrogen (secondary N) is 2. The van der Waals surface area contributed by atoms with Crippen LogP contribution in [-0.2, 0) is 14.3 Å². The Bertz CT molecular complexity index is 1600. The van der Waals surface area contributed by atoms with Gasteiger partial charge in [-0.05, 0) is 37.1 Å². The fourth-order valence-electron chi connectivity index (χ4n) is 3.96. The molecule has 1 fully saturated rings. The number of nitrogens with zero attached hydrogens (tertiary/aromatic N) is 3. The predicted molar refractivity (Wildman–Crippen MR) is 143 cm³/mol. The summed E-state index contributed by atoms with van der Waals surface area (Å²) in [5.74, 6) is -2.13. The lowest BCUT2D eigenvalue weighted by Gasteiger charge is -2.16. The zero-order valence-corrected chi connectivity index (χ0v) is 22.1. The van der Waals surface area contributed by atoms with E-state index in [0.717, 1.165) is 6.07 Å². The number of fused-ring (bicyclic) bond motifs is 1. The number of benzene rings is 1. The molecule has 0 spiro atoms. The van der Waals surface area contributed by atoms with Crippen molar-refractivity contribution in [2.24, 2.45) is 5.41 Å². The number of amides is 2. The average molecular weight is 566 g/mol.